The van der Waals surface area contributed by atoms with Crippen LogP contribution in [0, 0.1) is 5.82 Å². The van der Waals surface area contributed by atoms with Gasteiger partial charge in [0.2, 0.25) is 11.8 Å². The van der Waals surface area contributed by atoms with Crippen LogP contribution in [0.25, 0.3) is 0 Å². The summed E-state index contributed by atoms with van der Waals surface area (Å²) in [5.41, 5.74) is 1.25. The maximum Gasteiger partial charge on any atom is 0.243 e. The normalized spacial score (nSPS) is 12.8. The number of amides is 2. The number of carbonyl (C=O) groups excluding carboxylic acids is 2. The Morgan fingerprint density at radius 1 is 1.09 bits per heavy atom. The van der Waals surface area contributed by atoms with E-state index in [0.717, 1.165) is 6.42 Å². The Hall–Kier alpha value is -1.76. The highest BCUT2D eigenvalue weighted by atomic mass is 35.5. The van der Waals surface area contributed by atoms with Gasteiger partial charge in [0.25, 0.3) is 0 Å². The number of rotatable bonds is 11. The molecule has 2 amide bonds. The second kappa shape index (κ2) is 13.1. The van der Waals surface area contributed by atoms with Gasteiger partial charge in [-0.05, 0) is 49.1 Å². The van der Waals surface area contributed by atoms with E-state index in [1.807, 2.05) is 20.8 Å². The van der Waals surface area contributed by atoms with Crippen molar-refractivity contribution in [3.05, 3.63) is 69.5 Å². The Labute approximate surface area is 203 Å². The number of halogens is 3. The summed E-state index contributed by atoms with van der Waals surface area (Å²) >= 11 is 13.7. The summed E-state index contributed by atoms with van der Waals surface area (Å²) in [7, 11) is 0. The average molecular weight is 499 g/mol. The van der Waals surface area contributed by atoms with Crippen LogP contribution in [-0.2, 0) is 21.9 Å². The third kappa shape index (κ3) is 7.68. The molecule has 32 heavy (non-hydrogen) atoms. The highest BCUT2D eigenvalue weighted by molar-refractivity contribution is 7.99. The second-order valence-corrected chi connectivity index (χ2v) is 9.41. The Morgan fingerprint density at radius 2 is 1.81 bits per heavy atom. The minimum absolute atomic E-state index is 0.00283. The summed E-state index contributed by atoms with van der Waals surface area (Å²) < 4.78 is 13.9. The molecule has 174 valence electrons. The fraction of sp³-hybridized carbons (Fsp3) is 0.417. The number of nitrogens with zero attached hydrogens (tertiary/aromatic N) is 1. The molecule has 0 aliphatic carbocycles. The zero-order valence-corrected chi connectivity index (χ0v) is 20.9. The fourth-order valence-electron chi connectivity index (χ4n) is 3.14. The lowest BCUT2D eigenvalue weighted by Gasteiger charge is -2.31. The van der Waals surface area contributed by atoms with Crippen LogP contribution in [0.2, 0.25) is 10.0 Å². The molecule has 2 rings (SSSR count). The van der Waals surface area contributed by atoms with Crippen LogP contribution in [0.5, 0.6) is 0 Å². The van der Waals surface area contributed by atoms with Crippen molar-refractivity contribution < 1.29 is 14.0 Å². The van der Waals surface area contributed by atoms with Crippen molar-refractivity contribution in [2.45, 2.75) is 58.0 Å². The summed E-state index contributed by atoms with van der Waals surface area (Å²) in [5.74, 6) is -0.212. The molecule has 1 N–H and O–H groups in total. The second-order valence-electron chi connectivity index (χ2n) is 7.58. The Bertz CT molecular complexity index is 929. The lowest BCUT2D eigenvalue weighted by molar-refractivity contribution is -0.139. The van der Waals surface area contributed by atoms with Gasteiger partial charge in [-0.2, -0.15) is 0 Å². The molecular weight excluding hydrogens is 470 g/mol. The van der Waals surface area contributed by atoms with E-state index < -0.39 is 6.04 Å². The van der Waals surface area contributed by atoms with E-state index in [0.29, 0.717) is 33.3 Å². The van der Waals surface area contributed by atoms with Gasteiger partial charge in [0.1, 0.15) is 11.9 Å². The first-order valence-corrected chi connectivity index (χ1v) is 12.5. The maximum absolute atomic E-state index is 13.9. The molecule has 2 aromatic rings. The number of nitrogens with one attached hydrogen (secondary N) is 1. The van der Waals surface area contributed by atoms with Crippen LogP contribution in [0.4, 0.5) is 4.39 Å². The van der Waals surface area contributed by atoms with Gasteiger partial charge in [0.05, 0.1) is 5.75 Å². The van der Waals surface area contributed by atoms with Gasteiger partial charge in [-0.3, -0.25) is 9.59 Å². The molecule has 0 saturated carbocycles. The van der Waals surface area contributed by atoms with E-state index in [4.69, 9.17) is 23.2 Å². The van der Waals surface area contributed by atoms with Gasteiger partial charge in [-0.1, -0.05) is 61.3 Å². The zero-order valence-electron chi connectivity index (χ0n) is 18.5. The predicted octanol–water partition coefficient (Wildman–Crippen LogP) is 6.09. The molecule has 0 heterocycles. The van der Waals surface area contributed by atoms with Crippen LogP contribution in [0.15, 0.2) is 42.5 Å². The van der Waals surface area contributed by atoms with Crippen molar-refractivity contribution in [1.82, 2.24) is 10.2 Å². The maximum atomic E-state index is 13.9. The number of hydrogen-bond donors (Lipinski definition) is 1. The highest BCUT2D eigenvalue weighted by Crippen LogP contribution is 2.25. The highest BCUT2D eigenvalue weighted by Gasteiger charge is 2.29. The molecule has 0 radical (unpaired) electrons. The van der Waals surface area contributed by atoms with Gasteiger partial charge < -0.3 is 10.2 Å². The van der Waals surface area contributed by atoms with Crippen LogP contribution in [-0.4, -0.2) is 34.6 Å². The van der Waals surface area contributed by atoms with E-state index in [2.05, 4.69) is 5.32 Å². The molecular formula is C24H29Cl2FN2O2S. The monoisotopic (exact) mass is 498 g/mol. The molecule has 2 atom stereocenters. The number of thioether (sulfide) groups is 1. The van der Waals surface area contributed by atoms with Crippen LogP contribution < -0.4 is 5.32 Å². The number of benzene rings is 2. The SMILES string of the molecule is CC[C@@H](C)NC(=O)[C@H](CC)N(Cc1ccc(Cl)cc1Cl)C(=O)CSCc1ccccc1F. The standard InChI is InChI=1S/C24H29Cl2FN2O2S/c1-4-16(3)28-24(31)22(5-2)29(13-17-10-11-19(25)12-20(17)26)23(30)15-32-14-18-8-6-7-9-21(18)27/h6-12,16,22H,4-5,13-15H2,1-3H3,(H,28,31)/t16-,22+/m1/s1. The lowest BCUT2D eigenvalue weighted by atomic mass is 10.1. The minimum atomic E-state index is -0.641. The predicted molar refractivity (Wildman–Crippen MR) is 132 cm³/mol. The van der Waals surface area contributed by atoms with E-state index in [-0.39, 0.29) is 36.0 Å². The summed E-state index contributed by atoms with van der Waals surface area (Å²) in [6.45, 7) is 5.97. The molecule has 0 spiro atoms. The summed E-state index contributed by atoms with van der Waals surface area (Å²) in [5, 5.41) is 3.91. The molecule has 0 aliphatic heterocycles. The molecule has 0 bridgehead atoms. The van der Waals surface area contributed by atoms with Gasteiger partial charge in [-0.15, -0.1) is 11.8 Å². The molecule has 0 unspecified atom stereocenters. The van der Waals surface area contributed by atoms with Gasteiger partial charge >= 0.3 is 0 Å². The van der Waals surface area contributed by atoms with E-state index >= 15 is 0 Å². The Morgan fingerprint density at radius 3 is 2.44 bits per heavy atom. The topological polar surface area (TPSA) is 49.4 Å². The third-order valence-electron chi connectivity index (χ3n) is 5.18. The van der Waals surface area contributed by atoms with Crippen molar-refractivity contribution >= 4 is 46.8 Å². The van der Waals surface area contributed by atoms with Gasteiger partial charge in [0, 0.05) is 28.4 Å². The smallest absolute Gasteiger partial charge is 0.243 e. The first-order valence-electron chi connectivity index (χ1n) is 10.6. The van der Waals surface area contributed by atoms with Crippen LogP contribution in [0.1, 0.15) is 44.7 Å². The van der Waals surface area contributed by atoms with Crippen LogP contribution >= 0.6 is 35.0 Å². The van der Waals surface area contributed by atoms with E-state index in [1.54, 1.807) is 41.3 Å². The molecule has 4 nitrogen and oxygen atoms in total. The average Bonchev–Trinajstić information content (AvgIpc) is 2.76. The summed E-state index contributed by atoms with van der Waals surface area (Å²) in [6.07, 6.45) is 1.24. The third-order valence-corrected chi connectivity index (χ3v) is 6.74. The van der Waals surface area contributed by atoms with E-state index in [9.17, 15) is 14.0 Å². The van der Waals surface area contributed by atoms with Gasteiger partial charge in [0.15, 0.2) is 0 Å². The van der Waals surface area contributed by atoms with Crippen molar-refractivity contribution in [2.75, 3.05) is 5.75 Å². The molecule has 8 heteroatoms. The molecule has 0 fully saturated rings. The van der Waals surface area contributed by atoms with Crippen LogP contribution in [0.3, 0.4) is 0 Å². The molecule has 0 saturated heterocycles. The van der Waals surface area contributed by atoms with Crippen molar-refractivity contribution in [3.63, 3.8) is 0 Å². The van der Waals surface area contributed by atoms with Crippen molar-refractivity contribution in [2.24, 2.45) is 0 Å². The van der Waals surface area contributed by atoms with Crippen molar-refractivity contribution in [3.8, 4) is 0 Å². The Kier molecular flexibility index (Phi) is 10.8. The summed E-state index contributed by atoms with van der Waals surface area (Å²) in [6, 6.07) is 10.9. The quantitative estimate of drug-likeness (QED) is 0.407. The number of hydrogen-bond acceptors (Lipinski definition) is 3. The van der Waals surface area contributed by atoms with Crippen molar-refractivity contribution in [1.29, 1.82) is 0 Å². The Balaban J connectivity index is 2.20. The first kappa shape index (κ1) is 26.5. The van der Waals surface area contributed by atoms with E-state index in [1.165, 1.54) is 17.8 Å². The molecule has 0 aromatic heterocycles. The largest absolute Gasteiger partial charge is 0.352 e. The first-order chi connectivity index (χ1) is 15.3. The number of carbonyl (C=O) groups is 2. The lowest BCUT2D eigenvalue weighted by Crippen LogP contribution is -2.51. The molecule has 2 aromatic carbocycles. The zero-order chi connectivity index (χ0) is 23.7. The summed E-state index contributed by atoms with van der Waals surface area (Å²) in [4.78, 5) is 27.7. The van der Waals surface area contributed by atoms with Gasteiger partial charge in [-0.25, -0.2) is 4.39 Å². The fourth-order valence-corrected chi connectivity index (χ4v) is 4.51. The minimum Gasteiger partial charge on any atom is -0.352 e. The molecule has 0 aliphatic rings.